The number of fused-ring (bicyclic) bond motifs is 3. The Kier molecular flexibility index (Phi) is 6.44. The summed E-state index contributed by atoms with van der Waals surface area (Å²) in [4.78, 5) is 37.8. The number of carboxylic acids is 1. The zero-order valence-corrected chi connectivity index (χ0v) is 18.1. The highest BCUT2D eigenvalue weighted by Crippen LogP contribution is 2.44. The van der Waals surface area contributed by atoms with E-state index in [2.05, 4.69) is 29.6 Å². The molecule has 7 nitrogen and oxygen atoms in total. The fraction of sp³-hybridized carbons (Fsp3) is 0.400. The topological polar surface area (TPSA) is 95.9 Å². The number of hydrogen-bond donors (Lipinski definition) is 2. The number of carbonyl (C=O) groups excluding carboxylic acids is 2. The molecule has 2 aromatic carbocycles. The second-order valence-corrected chi connectivity index (χ2v) is 8.57. The Labute approximate surface area is 187 Å². The molecule has 1 aliphatic heterocycles. The van der Waals surface area contributed by atoms with Gasteiger partial charge in [-0.05, 0) is 35.1 Å². The summed E-state index contributed by atoms with van der Waals surface area (Å²) in [6.07, 6.45) is 0.703. The van der Waals surface area contributed by atoms with Gasteiger partial charge in [0.2, 0.25) is 5.91 Å². The van der Waals surface area contributed by atoms with Crippen molar-refractivity contribution in [2.75, 3.05) is 26.2 Å². The van der Waals surface area contributed by atoms with Gasteiger partial charge in [-0.1, -0.05) is 55.5 Å². The van der Waals surface area contributed by atoms with Gasteiger partial charge in [-0.3, -0.25) is 9.59 Å². The largest absolute Gasteiger partial charge is 0.481 e. The van der Waals surface area contributed by atoms with Gasteiger partial charge < -0.3 is 20.1 Å². The predicted octanol–water partition coefficient (Wildman–Crippen LogP) is 3.48. The van der Waals surface area contributed by atoms with Crippen LogP contribution in [0.25, 0.3) is 11.1 Å². The lowest BCUT2D eigenvalue weighted by Gasteiger charge is -2.32. The Morgan fingerprint density at radius 1 is 1.09 bits per heavy atom. The van der Waals surface area contributed by atoms with Crippen LogP contribution in [0.5, 0.6) is 0 Å². The van der Waals surface area contributed by atoms with Crippen molar-refractivity contribution in [2.45, 2.75) is 25.7 Å². The molecule has 2 amide bonds. The molecule has 0 bridgehead atoms. The number of amides is 2. The molecule has 0 aromatic heterocycles. The highest BCUT2D eigenvalue weighted by Gasteiger charge is 2.31. The summed E-state index contributed by atoms with van der Waals surface area (Å²) in [6, 6.07) is 16.3. The van der Waals surface area contributed by atoms with Crippen molar-refractivity contribution in [3.63, 3.8) is 0 Å². The van der Waals surface area contributed by atoms with Crippen LogP contribution in [0.4, 0.5) is 4.79 Å². The summed E-state index contributed by atoms with van der Waals surface area (Å²) in [5.74, 6) is -2.01. The highest BCUT2D eigenvalue weighted by molar-refractivity contribution is 5.81. The van der Waals surface area contributed by atoms with Crippen LogP contribution in [0.15, 0.2) is 48.5 Å². The minimum Gasteiger partial charge on any atom is -0.481 e. The van der Waals surface area contributed by atoms with E-state index >= 15 is 0 Å². The Hall–Kier alpha value is -3.35. The summed E-state index contributed by atoms with van der Waals surface area (Å²) >= 11 is 0. The second kappa shape index (κ2) is 9.42. The van der Waals surface area contributed by atoms with Gasteiger partial charge in [0.05, 0.1) is 11.8 Å². The Bertz CT molecular complexity index is 975. The van der Waals surface area contributed by atoms with E-state index in [9.17, 15) is 19.5 Å². The van der Waals surface area contributed by atoms with Crippen LogP contribution in [0.1, 0.15) is 36.8 Å². The van der Waals surface area contributed by atoms with Crippen LogP contribution >= 0.6 is 0 Å². The summed E-state index contributed by atoms with van der Waals surface area (Å²) in [7, 11) is 0. The zero-order valence-electron chi connectivity index (χ0n) is 18.1. The first-order chi connectivity index (χ1) is 15.5. The molecule has 1 heterocycles. The lowest BCUT2D eigenvalue weighted by atomic mass is 9.97. The average molecular weight is 437 g/mol. The van der Waals surface area contributed by atoms with Gasteiger partial charge in [-0.25, -0.2) is 4.79 Å². The van der Waals surface area contributed by atoms with Crippen molar-refractivity contribution in [3.05, 3.63) is 59.7 Å². The molecular weight excluding hydrogens is 408 g/mol. The molecular formula is C25H28N2O5. The van der Waals surface area contributed by atoms with E-state index in [-0.39, 0.29) is 31.5 Å². The molecule has 2 unspecified atom stereocenters. The van der Waals surface area contributed by atoms with E-state index < -0.39 is 23.9 Å². The van der Waals surface area contributed by atoms with E-state index in [1.807, 2.05) is 24.3 Å². The molecule has 2 aromatic rings. The van der Waals surface area contributed by atoms with Crippen molar-refractivity contribution < 1.29 is 24.2 Å². The van der Waals surface area contributed by atoms with E-state index in [1.54, 1.807) is 11.8 Å². The average Bonchev–Trinajstić information content (AvgIpc) is 3.14. The summed E-state index contributed by atoms with van der Waals surface area (Å²) in [5, 5.41) is 11.9. The molecule has 32 heavy (non-hydrogen) atoms. The van der Waals surface area contributed by atoms with Crippen molar-refractivity contribution >= 4 is 18.0 Å². The standard InChI is InChI=1S/C25H28N2O5/c1-16(23(28)27-12-6-7-17(14-27)24(29)30)13-26-25(31)32-15-22-20-10-4-2-8-18(20)19-9-3-5-11-21(19)22/h2-5,8-11,16-17,22H,6-7,12-15H2,1H3,(H,26,31)(H,29,30). The molecule has 1 saturated heterocycles. The van der Waals surface area contributed by atoms with Gasteiger partial charge in [-0.2, -0.15) is 0 Å². The molecule has 0 saturated carbocycles. The summed E-state index contributed by atoms with van der Waals surface area (Å²) in [5.41, 5.74) is 4.61. The third-order valence-electron chi connectivity index (χ3n) is 6.40. The number of carbonyl (C=O) groups is 3. The smallest absolute Gasteiger partial charge is 0.407 e. The fourth-order valence-corrected chi connectivity index (χ4v) is 4.66. The number of aliphatic carboxylic acids is 1. The molecule has 2 aliphatic rings. The van der Waals surface area contributed by atoms with E-state index in [0.29, 0.717) is 19.4 Å². The first-order valence-electron chi connectivity index (χ1n) is 11.1. The van der Waals surface area contributed by atoms with Crippen LogP contribution < -0.4 is 5.32 Å². The maximum Gasteiger partial charge on any atom is 0.407 e. The lowest BCUT2D eigenvalue weighted by molar-refractivity contribution is -0.146. The minimum absolute atomic E-state index is 0.0199. The maximum atomic E-state index is 12.7. The van der Waals surface area contributed by atoms with Gasteiger partial charge in [0.1, 0.15) is 6.61 Å². The number of alkyl carbamates (subject to hydrolysis) is 1. The van der Waals surface area contributed by atoms with Gasteiger partial charge in [0.25, 0.3) is 0 Å². The van der Waals surface area contributed by atoms with Crippen LogP contribution in [-0.2, 0) is 14.3 Å². The lowest BCUT2D eigenvalue weighted by Crippen LogP contribution is -2.46. The number of rotatable bonds is 6. The van der Waals surface area contributed by atoms with E-state index in [4.69, 9.17) is 4.74 Å². The number of benzene rings is 2. The number of hydrogen-bond acceptors (Lipinski definition) is 4. The monoisotopic (exact) mass is 436 g/mol. The molecule has 1 aliphatic carbocycles. The Morgan fingerprint density at radius 2 is 1.72 bits per heavy atom. The molecule has 7 heteroatoms. The van der Waals surface area contributed by atoms with Crippen LogP contribution in [0.3, 0.4) is 0 Å². The number of nitrogens with one attached hydrogen (secondary N) is 1. The van der Waals surface area contributed by atoms with Crippen molar-refractivity contribution in [1.82, 2.24) is 10.2 Å². The van der Waals surface area contributed by atoms with Gasteiger partial charge >= 0.3 is 12.1 Å². The molecule has 0 spiro atoms. The van der Waals surface area contributed by atoms with Crippen molar-refractivity contribution in [1.29, 1.82) is 0 Å². The molecule has 1 fully saturated rings. The van der Waals surface area contributed by atoms with Gasteiger partial charge in [-0.15, -0.1) is 0 Å². The third-order valence-corrected chi connectivity index (χ3v) is 6.40. The number of ether oxygens (including phenoxy) is 1. The molecule has 0 radical (unpaired) electrons. The summed E-state index contributed by atoms with van der Waals surface area (Å²) in [6.45, 7) is 2.87. The van der Waals surface area contributed by atoms with Crippen molar-refractivity contribution in [3.8, 4) is 11.1 Å². The number of carboxylic acid groups (broad SMARTS) is 1. The molecule has 2 atom stereocenters. The Balaban J connectivity index is 1.29. The molecule has 2 N–H and O–H groups in total. The van der Waals surface area contributed by atoms with Crippen LogP contribution in [-0.4, -0.2) is 54.2 Å². The Morgan fingerprint density at radius 3 is 2.34 bits per heavy atom. The van der Waals surface area contributed by atoms with E-state index in [0.717, 1.165) is 22.3 Å². The van der Waals surface area contributed by atoms with E-state index in [1.165, 1.54) is 0 Å². The maximum absolute atomic E-state index is 12.7. The highest BCUT2D eigenvalue weighted by atomic mass is 16.5. The zero-order chi connectivity index (χ0) is 22.7. The van der Waals surface area contributed by atoms with Gasteiger partial charge in [0.15, 0.2) is 0 Å². The number of nitrogens with zero attached hydrogens (tertiary/aromatic N) is 1. The second-order valence-electron chi connectivity index (χ2n) is 8.57. The molecule has 168 valence electrons. The normalized spacial score (nSPS) is 18.4. The van der Waals surface area contributed by atoms with Crippen LogP contribution in [0.2, 0.25) is 0 Å². The van der Waals surface area contributed by atoms with Crippen molar-refractivity contribution in [2.24, 2.45) is 11.8 Å². The first kappa shape index (κ1) is 21.9. The third kappa shape index (κ3) is 4.47. The quantitative estimate of drug-likeness (QED) is 0.723. The number of piperidine rings is 1. The minimum atomic E-state index is -0.869. The van der Waals surface area contributed by atoms with Gasteiger partial charge in [0, 0.05) is 25.6 Å². The predicted molar refractivity (Wildman–Crippen MR) is 119 cm³/mol. The number of likely N-dealkylation sites (tertiary alicyclic amines) is 1. The first-order valence-corrected chi connectivity index (χ1v) is 11.1. The van der Waals surface area contributed by atoms with Crippen LogP contribution in [0, 0.1) is 11.8 Å². The SMILES string of the molecule is CC(CNC(=O)OCC1c2ccccc2-c2ccccc21)C(=O)N1CCCC(C(=O)O)C1. The summed E-state index contributed by atoms with van der Waals surface area (Å²) < 4.78 is 5.51. The fourth-order valence-electron chi connectivity index (χ4n) is 4.66. The molecule has 4 rings (SSSR count).